The minimum absolute atomic E-state index is 0.0367. The van der Waals surface area contributed by atoms with Crippen LogP contribution < -0.4 is 19.9 Å². The Morgan fingerprint density at radius 3 is 2.12 bits per heavy atom. The third-order valence-electron chi connectivity index (χ3n) is 14.7. The van der Waals surface area contributed by atoms with Gasteiger partial charge in [0.1, 0.15) is 24.0 Å². The van der Waals surface area contributed by atoms with Crippen molar-refractivity contribution in [2.45, 2.75) is 84.2 Å². The first-order chi connectivity index (χ1) is 28.6. The smallest absolute Gasteiger partial charge is 0.262 e. The van der Waals surface area contributed by atoms with E-state index in [-0.39, 0.29) is 53.0 Å². The van der Waals surface area contributed by atoms with E-state index >= 15 is 0 Å². The molecule has 2 aliphatic carbocycles. The Morgan fingerprint density at radius 1 is 0.783 bits per heavy atom. The van der Waals surface area contributed by atoms with Gasteiger partial charge in [-0.2, -0.15) is 5.26 Å². The van der Waals surface area contributed by atoms with E-state index in [0.717, 1.165) is 79.5 Å². The van der Waals surface area contributed by atoms with Crippen LogP contribution in [0.5, 0.6) is 5.75 Å². The first-order valence-corrected chi connectivity index (χ1v) is 21.4. The zero-order valence-corrected chi connectivity index (χ0v) is 35.1. The molecule has 2 saturated carbocycles. The molecule has 14 heteroatoms. The number of fused-ring (bicyclic) bond motifs is 2. The van der Waals surface area contributed by atoms with Gasteiger partial charge in [0.2, 0.25) is 11.8 Å². The molecule has 5 amide bonds. The van der Waals surface area contributed by atoms with Gasteiger partial charge in [-0.15, -0.1) is 0 Å². The molecule has 0 radical (unpaired) electrons. The Kier molecular flexibility index (Phi) is 8.73. The normalized spacial score (nSPS) is 26.6. The quantitative estimate of drug-likeness (QED) is 0.314. The van der Waals surface area contributed by atoms with Crippen molar-refractivity contribution in [3.63, 3.8) is 0 Å². The number of anilines is 2. The Morgan fingerprint density at radius 2 is 1.45 bits per heavy atom. The molecule has 3 aromatic carbocycles. The molecule has 13 nitrogen and oxygen atoms in total. The lowest BCUT2D eigenvalue weighted by Crippen LogP contribution is -2.74. The van der Waals surface area contributed by atoms with Crippen molar-refractivity contribution < 1.29 is 28.7 Å². The summed E-state index contributed by atoms with van der Waals surface area (Å²) in [4.78, 5) is 74.9. The second-order valence-corrected chi connectivity index (χ2v) is 19.6. The summed E-state index contributed by atoms with van der Waals surface area (Å²) in [6.07, 6.45) is 2.33. The molecule has 7 aliphatic rings. The summed E-state index contributed by atoms with van der Waals surface area (Å²) in [5.41, 5.74) is 4.53. The molecule has 0 aromatic heterocycles. The molecule has 1 unspecified atom stereocenters. The SMILES string of the molecule is CC1(C)[C@H](Oc2ccc(C#N)c(Cl)c2)C(C)(C)[C@H]1N1Cc2cc(N3CCN(C4CC5(C4)CN(c4ccc6c(c4)C(=O)N(C4CCC(=O)NC4=O)C6=O)C5)CC3)ccc2C1=O. The zero-order chi connectivity index (χ0) is 42.0. The molecule has 1 spiro atoms. The number of hydrogen-bond acceptors (Lipinski definition) is 10. The lowest BCUT2D eigenvalue weighted by molar-refractivity contribution is -0.199. The number of amides is 5. The maximum Gasteiger partial charge on any atom is 0.262 e. The average molecular weight is 830 g/mol. The van der Waals surface area contributed by atoms with Gasteiger partial charge in [0.15, 0.2) is 0 Å². The molecule has 10 rings (SSSR count). The highest BCUT2D eigenvalue weighted by molar-refractivity contribution is 6.31. The topological polar surface area (TPSA) is 147 Å². The third-order valence-corrected chi connectivity index (χ3v) is 15.0. The fraction of sp³-hybridized carbons (Fsp3) is 0.478. The largest absolute Gasteiger partial charge is 0.489 e. The molecule has 1 N–H and O–H groups in total. The number of imide groups is 2. The third kappa shape index (κ3) is 5.85. The summed E-state index contributed by atoms with van der Waals surface area (Å²) in [5.74, 6) is -1.27. The van der Waals surface area contributed by atoms with E-state index in [1.54, 1.807) is 30.3 Å². The number of carbonyl (C=O) groups is 5. The van der Waals surface area contributed by atoms with Crippen LogP contribution in [-0.2, 0) is 16.1 Å². The lowest BCUT2D eigenvalue weighted by atomic mass is 9.49. The van der Waals surface area contributed by atoms with E-state index in [1.165, 1.54) is 0 Å². The fourth-order valence-corrected chi connectivity index (χ4v) is 12.4. The number of nitriles is 1. The summed E-state index contributed by atoms with van der Waals surface area (Å²) in [7, 11) is 0. The Hall–Kier alpha value is -5.45. The van der Waals surface area contributed by atoms with Gasteiger partial charge in [-0.05, 0) is 73.4 Å². The minimum atomic E-state index is -0.970. The standard InChI is InChI=1S/C46H48ClN7O6/c1-44(2)42(45(3,4)43(44)60-31-8-5-26(22-48)35(47)19-31)53-23-27-17-28(6-9-32(27)39(53)57)50-13-15-51(16-14-50)30-20-46(21-30)24-52(25-46)29-7-10-33-34(18-29)41(59)54(40(33)58)36-11-12-37(55)49-38(36)56/h5-10,17-19,30,36,42-43H,11-16,20-21,23-25H2,1-4H3,(H,49,55,56)/t36?,42-,43-. The first kappa shape index (κ1) is 38.7. The summed E-state index contributed by atoms with van der Waals surface area (Å²) in [5, 5.41) is 11.9. The van der Waals surface area contributed by atoms with Crippen molar-refractivity contribution in [3.05, 3.63) is 87.4 Å². The number of piperidine rings is 1. The summed E-state index contributed by atoms with van der Waals surface area (Å²) >= 11 is 6.31. The molecular formula is C46H48ClN7O6. The van der Waals surface area contributed by atoms with E-state index in [9.17, 15) is 29.2 Å². The summed E-state index contributed by atoms with van der Waals surface area (Å²) in [6, 6.07) is 18.5. The number of benzene rings is 3. The monoisotopic (exact) mass is 829 g/mol. The second kappa shape index (κ2) is 13.5. The van der Waals surface area contributed by atoms with Gasteiger partial charge in [0, 0.05) is 104 Å². The van der Waals surface area contributed by atoms with Crippen molar-refractivity contribution in [1.82, 2.24) is 20.0 Å². The minimum Gasteiger partial charge on any atom is -0.489 e. The zero-order valence-electron chi connectivity index (χ0n) is 34.3. The Labute approximate surface area is 354 Å². The fourth-order valence-electron chi connectivity index (χ4n) is 12.1. The van der Waals surface area contributed by atoms with Crippen LogP contribution in [0.1, 0.15) is 95.6 Å². The van der Waals surface area contributed by atoms with Gasteiger partial charge in [0.25, 0.3) is 17.7 Å². The van der Waals surface area contributed by atoms with Crippen LogP contribution in [0.4, 0.5) is 11.4 Å². The first-order valence-electron chi connectivity index (χ1n) is 21.0. The van der Waals surface area contributed by atoms with E-state index in [1.807, 2.05) is 17.0 Å². The van der Waals surface area contributed by atoms with E-state index in [2.05, 4.69) is 65.9 Å². The highest BCUT2D eigenvalue weighted by Gasteiger charge is 2.67. The maximum absolute atomic E-state index is 13.9. The molecule has 5 heterocycles. The summed E-state index contributed by atoms with van der Waals surface area (Å²) < 4.78 is 6.50. The van der Waals surface area contributed by atoms with Crippen LogP contribution >= 0.6 is 11.6 Å². The maximum atomic E-state index is 13.9. The number of nitrogens with one attached hydrogen (secondary N) is 1. The second-order valence-electron chi connectivity index (χ2n) is 19.2. The van der Waals surface area contributed by atoms with Crippen LogP contribution in [-0.4, -0.2) is 108 Å². The predicted molar refractivity (Wildman–Crippen MR) is 223 cm³/mol. The Bertz CT molecular complexity index is 2420. The van der Waals surface area contributed by atoms with Gasteiger partial charge < -0.3 is 19.4 Å². The highest BCUT2D eigenvalue weighted by atomic mass is 35.5. The van der Waals surface area contributed by atoms with Crippen molar-refractivity contribution in [1.29, 1.82) is 5.26 Å². The number of rotatable bonds is 7. The van der Waals surface area contributed by atoms with Gasteiger partial charge in [-0.1, -0.05) is 39.3 Å². The molecule has 1 atom stereocenters. The van der Waals surface area contributed by atoms with Crippen LogP contribution in [0.25, 0.3) is 0 Å². The number of halogens is 1. The van der Waals surface area contributed by atoms with Gasteiger partial charge >= 0.3 is 0 Å². The number of hydrogen-bond donors (Lipinski definition) is 1. The van der Waals surface area contributed by atoms with E-state index < -0.39 is 23.8 Å². The predicted octanol–water partition coefficient (Wildman–Crippen LogP) is 5.24. The van der Waals surface area contributed by atoms with Crippen LogP contribution in [0.15, 0.2) is 54.6 Å². The number of piperazine rings is 1. The molecule has 5 fully saturated rings. The van der Waals surface area contributed by atoms with Crippen molar-refractivity contribution in [2.24, 2.45) is 16.2 Å². The summed E-state index contributed by atoms with van der Waals surface area (Å²) in [6.45, 7) is 14.8. The molecule has 5 aliphatic heterocycles. The van der Waals surface area contributed by atoms with Gasteiger partial charge in [-0.3, -0.25) is 39.1 Å². The highest BCUT2D eigenvalue weighted by Crippen LogP contribution is 2.59. The van der Waals surface area contributed by atoms with E-state index in [0.29, 0.717) is 40.0 Å². The molecule has 3 saturated heterocycles. The van der Waals surface area contributed by atoms with Crippen LogP contribution in [0, 0.1) is 27.6 Å². The van der Waals surface area contributed by atoms with Crippen LogP contribution in [0.2, 0.25) is 5.02 Å². The van der Waals surface area contributed by atoms with Crippen LogP contribution in [0.3, 0.4) is 0 Å². The molecule has 310 valence electrons. The molecule has 60 heavy (non-hydrogen) atoms. The van der Waals surface area contributed by atoms with Crippen molar-refractivity contribution in [3.8, 4) is 11.8 Å². The van der Waals surface area contributed by atoms with E-state index in [4.69, 9.17) is 16.3 Å². The average Bonchev–Trinajstić information content (AvgIpc) is 3.62. The number of nitrogens with zero attached hydrogens (tertiary/aromatic N) is 6. The van der Waals surface area contributed by atoms with Gasteiger partial charge in [0.05, 0.1) is 21.7 Å². The number of ether oxygens (including phenoxy) is 1. The van der Waals surface area contributed by atoms with Gasteiger partial charge in [-0.25, -0.2) is 0 Å². The molecule has 0 bridgehead atoms. The molecule has 3 aromatic rings. The van der Waals surface area contributed by atoms with Crippen molar-refractivity contribution in [2.75, 3.05) is 49.1 Å². The Balaban J connectivity index is 0.720. The lowest BCUT2D eigenvalue weighted by Gasteiger charge is -2.65. The molecular weight excluding hydrogens is 782 g/mol. The van der Waals surface area contributed by atoms with Crippen molar-refractivity contribution >= 4 is 52.5 Å². The number of carbonyl (C=O) groups excluding carboxylic acids is 5.